The van der Waals surface area contributed by atoms with Gasteiger partial charge >= 0.3 is 6.18 Å². The Kier molecular flexibility index (Phi) is 6.20. The van der Waals surface area contributed by atoms with Gasteiger partial charge in [-0.15, -0.1) is 0 Å². The first kappa shape index (κ1) is 21.6. The van der Waals surface area contributed by atoms with E-state index < -0.39 is 17.6 Å². The van der Waals surface area contributed by atoms with Gasteiger partial charge in [-0.3, -0.25) is 9.69 Å². The van der Waals surface area contributed by atoms with Crippen molar-refractivity contribution in [3.63, 3.8) is 0 Å². The van der Waals surface area contributed by atoms with E-state index in [1.165, 1.54) is 12.1 Å². The summed E-state index contributed by atoms with van der Waals surface area (Å²) in [5, 5.41) is 0. The van der Waals surface area contributed by atoms with Gasteiger partial charge < -0.3 is 15.4 Å². The molecule has 2 N–H and O–H groups in total. The maximum absolute atomic E-state index is 13.0. The summed E-state index contributed by atoms with van der Waals surface area (Å²) in [7, 11) is 0. The second-order valence-electron chi connectivity index (χ2n) is 8.05. The summed E-state index contributed by atoms with van der Waals surface area (Å²) in [5.41, 5.74) is 8.13. The predicted molar refractivity (Wildman–Crippen MR) is 112 cm³/mol. The van der Waals surface area contributed by atoms with Crippen molar-refractivity contribution in [3.8, 4) is 0 Å². The Morgan fingerprint density at radius 1 is 1.10 bits per heavy atom. The Hall–Kier alpha value is -2.58. The number of halogens is 3. The minimum atomic E-state index is -4.33. The Labute approximate surface area is 179 Å². The fourth-order valence-electron chi connectivity index (χ4n) is 4.34. The van der Waals surface area contributed by atoms with Crippen LogP contribution in [0.4, 0.5) is 18.9 Å². The average Bonchev–Trinajstić information content (AvgIpc) is 2.77. The summed E-state index contributed by atoms with van der Waals surface area (Å²) in [6.07, 6.45) is -2.76. The number of ether oxygens (including phenoxy) is 1. The summed E-state index contributed by atoms with van der Waals surface area (Å²) < 4.78 is 44.9. The number of piperazine rings is 1. The van der Waals surface area contributed by atoms with Crippen molar-refractivity contribution in [1.82, 2.24) is 4.90 Å². The third-order valence-electron chi connectivity index (χ3n) is 6.08. The lowest BCUT2D eigenvalue weighted by Gasteiger charge is -2.37. The van der Waals surface area contributed by atoms with Gasteiger partial charge in [-0.1, -0.05) is 12.1 Å². The smallest absolute Gasteiger partial charge is 0.373 e. The topological polar surface area (TPSA) is 58.8 Å². The molecule has 2 heterocycles. The molecular formula is C23H26F3N3O2. The minimum Gasteiger partial charge on any atom is -0.373 e. The molecule has 0 spiro atoms. The van der Waals surface area contributed by atoms with Gasteiger partial charge in [0.2, 0.25) is 5.91 Å². The van der Waals surface area contributed by atoms with Crippen LogP contribution in [0.1, 0.15) is 39.6 Å². The zero-order valence-corrected chi connectivity index (χ0v) is 17.2. The number of hydrogen-bond donors (Lipinski definition) is 1. The van der Waals surface area contributed by atoms with E-state index >= 15 is 0 Å². The zero-order chi connectivity index (χ0) is 22.0. The molecule has 0 bridgehead atoms. The highest BCUT2D eigenvalue weighted by Gasteiger charge is 2.31. The van der Waals surface area contributed by atoms with Crippen molar-refractivity contribution >= 4 is 11.6 Å². The third-order valence-corrected chi connectivity index (χ3v) is 6.08. The number of primary amides is 1. The molecule has 0 aliphatic carbocycles. The van der Waals surface area contributed by atoms with Crippen LogP contribution < -0.4 is 10.6 Å². The number of nitrogens with two attached hydrogens (primary N) is 1. The number of rotatable bonds is 5. The van der Waals surface area contributed by atoms with Gasteiger partial charge in [-0.2, -0.15) is 13.2 Å². The van der Waals surface area contributed by atoms with Crippen molar-refractivity contribution in [3.05, 3.63) is 64.7 Å². The molecule has 1 amide bonds. The number of carbonyl (C=O) groups excluding carboxylic acids is 1. The van der Waals surface area contributed by atoms with Crippen LogP contribution >= 0.6 is 0 Å². The third kappa shape index (κ3) is 5.02. The van der Waals surface area contributed by atoms with Crippen LogP contribution in [0.15, 0.2) is 42.5 Å². The second-order valence-corrected chi connectivity index (χ2v) is 8.05. The number of nitrogens with zero attached hydrogens (tertiary/aromatic N) is 2. The van der Waals surface area contributed by atoms with Crippen LogP contribution in [0.3, 0.4) is 0 Å². The standard InChI is InChI=1S/C23H26F3N3O2/c24-23(25,26)18-2-1-3-19(15-18)29-11-9-28(10-12-29)8-6-21-20-5-4-17(22(27)30)14-16(20)7-13-31-21/h1-5,14-15,21H,6-13H2,(H2,27,30). The maximum Gasteiger partial charge on any atom is 0.416 e. The monoisotopic (exact) mass is 433 g/mol. The number of alkyl halides is 3. The predicted octanol–water partition coefficient (Wildman–Crippen LogP) is 3.63. The molecule has 8 heteroatoms. The zero-order valence-electron chi connectivity index (χ0n) is 17.2. The van der Waals surface area contributed by atoms with Crippen molar-refractivity contribution in [2.24, 2.45) is 5.73 Å². The number of benzene rings is 2. The summed E-state index contributed by atoms with van der Waals surface area (Å²) >= 11 is 0. The molecule has 5 nitrogen and oxygen atoms in total. The second kappa shape index (κ2) is 8.88. The van der Waals surface area contributed by atoms with E-state index in [2.05, 4.69) is 4.90 Å². The van der Waals surface area contributed by atoms with E-state index in [1.54, 1.807) is 12.1 Å². The summed E-state index contributed by atoms with van der Waals surface area (Å²) in [6.45, 7) is 4.41. The first-order valence-corrected chi connectivity index (χ1v) is 10.5. The highest BCUT2D eigenvalue weighted by atomic mass is 19.4. The normalized spacial score (nSPS) is 19.8. The van der Waals surface area contributed by atoms with Crippen LogP contribution in [0.5, 0.6) is 0 Å². The number of fused-ring (bicyclic) bond motifs is 1. The minimum absolute atomic E-state index is 0.0211. The molecule has 1 saturated heterocycles. The van der Waals surface area contributed by atoms with Crippen LogP contribution in [-0.2, 0) is 17.3 Å². The lowest BCUT2D eigenvalue weighted by Crippen LogP contribution is -2.47. The van der Waals surface area contributed by atoms with Crippen LogP contribution in [0.25, 0.3) is 0 Å². The first-order valence-electron chi connectivity index (χ1n) is 10.5. The molecule has 31 heavy (non-hydrogen) atoms. The molecule has 2 aliphatic heterocycles. The highest BCUT2D eigenvalue weighted by molar-refractivity contribution is 5.93. The first-order chi connectivity index (χ1) is 14.8. The molecule has 166 valence electrons. The van der Waals surface area contributed by atoms with E-state index in [0.717, 1.165) is 49.7 Å². The quantitative estimate of drug-likeness (QED) is 0.783. The molecule has 1 fully saturated rings. The molecule has 1 unspecified atom stereocenters. The van der Waals surface area contributed by atoms with Crippen molar-refractivity contribution < 1.29 is 22.7 Å². The van der Waals surface area contributed by atoms with Crippen molar-refractivity contribution in [2.45, 2.75) is 25.1 Å². The highest BCUT2D eigenvalue weighted by Crippen LogP contribution is 2.33. The van der Waals surface area contributed by atoms with Crippen molar-refractivity contribution in [1.29, 1.82) is 0 Å². The molecule has 0 aromatic heterocycles. The fraction of sp³-hybridized carbons (Fsp3) is 0.435. The largest absolute Gasteiger partial charge is 0.416 e. The van der Waals surface area contributed by atoms with E-state index in [0.29, 0.717) is 30.9 Å². The van der Waals surface area contributed by atoms with Gasteiger partial charge in [-0.05, 0) is 54.3 Å². The average molecular weight is 433 g/mol. The molecule has 2 aliphatic rings. The molecular weight excluding hydrogens is 407 g/mol. The van der Waals surface area contributed by atoms with Gasteiger partial charge in [0.1, 0.15) is 0 Å². The number of amides is 1. The van der Waals surface area contributed by atoms with Gasteiger partial charge in [0.05, 0.1) is 18.3 Å². The van der Waals surface area contributed by atoms with E-state index in [1.807, 2.05) is 17.0 Å². The SMILES string of the molecule is NC(=O)c1ccc2c(c1)CCOC2CCN1CCN(c2cccc(C(F)(F)F)c2)CC1. The van der Waals surface area contributed by atoms with E-state index in [-0.39, 0.29) is 6.10 Å². The lowest BCUT2D eigenvalue weighted by atomic mass is 9.93. The summed E-state index contributed by atoms with van der Waals surface area (Å²) in [4.78, 5) is 15.7. The van der Waals surface area contributed by atoms with Crippen molar-refractivity contribution in [2.75, 3.05) is 44.2 Å². The van der Waals surface area contributed by atoms with Gasteiger partial charge in [0.25, 0.3) is 0 Å². The maximum atomic E-state index is 13.0. The van der Waals surface area contributed by atoms with Crippen LogP contribution in [0.2, 0.25) is 0 Å². The lowest BCUT2D eigenvalue weighted by molar-refractivity contribution is -0.137. The van der Waals surface area contributed by atoms with Crippen LogP contribution in [-0.4, -0.2) is 50.1 Å². The Balaban J connectivity index is 1.32. The van der Waals surface area contributed by atoms with Gasteiger partial charge in [0.15, 0.2) is 0 Å². The Bertz CT molecular complexity index is 940. The number of hydrogen-bond acceptors (Lipinski definition) is 4. The molecule has 0 radical (unpaired) electrons. The molecule has 2 aromatic carbocycles. The van der Waals surface area contributed by atoms with Gasteiger partial charge in [-0.25, -0.2) is 0 Å². The molecule has 4 rings (SSSR count). The number of anilines is 1. The summed E-state index contributed by atoms with van der Waals surface area (Å²) in [6, 6.07) is 11.1. The molecule has 2 aromatic rings. The Morgan fingerprint density at radius 3 is 2.58 bits per heavy atom. The molecule has 1 atom stereocenters. The fourth-order valence-corrected chi connectivity index (χ4v) is 4.34. The molecule has 0 saturated carbocycles. The van der Waals surface area contributed by atoms with E-state index in [4.69, 9.17) is 10.5 Å². The summed E-state index contributed by atoms with van der Waals surface area (Å²) in [5.74, 6) is -0.426. The number of carbonyl (C=O) groups is 1. The van der Waals surface area contributed by atoms with Crippen LogP contribution in [0, 0.1) is 0 Å². The van der Waals surface area contributed by atoms with E-state index in [9.17, 15) is 18.0 Å². The Morgan fingerprint density at radius 2 is 1.87 bits per heavy atom. The van der Waals surface area contributed by atoms with Gasteiger partial charge in [0, 0.05) is 44.0 Å².